The molecule has 0 aromatic heterocycles. The number of benzene rings is 3. The highest BCUT2D eigenvalue weighted by molar-refractivity contribution is 5.53. The molecule has 0 radical (unpaired) electrons. The zero-order valence-corrected chi connectivity index (χ0v) is 14.7. The molecule has 3 aromatic carbocycles. The first-order chi connectivity index (χ1) is 12.8. The minimum Gasteiger partial charge on any atom is -0.497 e. The van der Waals surface area contributed by atoms with Crippen LogP contribution in [0.4, 0.5) is 0 Å². The van der Waals surface area contributed by atoms with E-state index in [0.29, 0.717) is 6.61 Å². The lowest BCUT2D eigenvalue weighted by Gasteiger charge is -2.08. The summed E-state index contributed by atoms with van der Waals surface area (Å²) in [6.07, 6.45) is 4.03. The van der Waals surface area contributed by atoms with Gasteiger partial charge in [0.1, 0.15) is 18.1 Å². The van der Waals surface area contributed by atoms with Crippen molar-refractivity contribution in [3.63, 3.8) is 0 Å². The summed E-state index contributed by atoms with van der Waals surface area (Å²) >= 11 is 0. The minimum absolute atomic E-state index is 0.473. The minimum atomic E-state index is 0.473. The van der Waals surface area contributed by atoms with Crippen molar-refractivity contribution < 1.29 is 9.47 Å². The van der Waals surface area contributed by atoms with Gasteiger partial charge in [-0.3, -0.25) is 0 Å². The van der Waals surface area contributed by atoms with Crippen LogP contribution in [0.15, 0.2) is 84.9 Å². The van der Waals surface area contributed by atoms with Crippen LogP contribution in [-0.4, -0.2) is 13.7 Å². The molecule has 0 saturated carbocycles. The third-order valence-electron chi connectivity index (χ3n) is 3.75. The number of rotatable bonds is 5. The normalized spacial score (nSPS) is 10.2. The second-order valence-electron chi connectivity index (χ2n) is 5.60. The van der Waals surface area contributed by atoms with Gasteiger partial charge < -0.3 is 9.47 Å². The van der Waals surface area contributed by atoms with Gasteiger partial charge >= 0.3 is 0 Å². The lowest BCUT2D eigenvalue weighted by Crippen LogP contribution is -1.96. The molecule has 0 bridgehead atoms. The lowest BCUT2D eigenvalue weighted by molar-refractivity contribution is 0.360. The van der Waals surface area contributed by atoms with Gasteiger partial charge in [-0.2, -0.15) is 0 Å². The fourth-order valence-electron chi connectivity index (χ4n) is 2.41. The molecular weight excluding hydrogens is 320 g/mol. The SMILES string of the molecule is COc1ccc(OC/C=C/c2ccccc2)c(C#Cc2ccccc2)c1. The van der Waals surface area contributed by atoms with E-state index in [2.05, 4.69) is 24.0 Å². The number of methoxy groups -OCH3 is 1. The first kappa shape index (κ1) is 17.4. The summed E-state index contributed by atoms with van der Waals surface area (Å²) in [5.41, 5.74) is 2.92. The van der Waals surface area contributed by atoms with Crippen molar-refractivity contribution in [2.75, 3.05) is 13.7 Å². The predicted octanol–water partition coefficient (Wildman–Crippen LogP) is 5.19. The van der Waals surface area contributed by atoms with Gasteiger partial charge in [0, 0.05) is 5.56 Å². The third kappa shape index (κ3) is 5.03. The van der Waals surface area contributed by atoms with Crippen molar-refractivity contribution in [2.24, 2.45) is 0 Å². The van der Waals surface area contributed by atoms with Crippen LogP contribution in [0.1, 0.15) is 16.7 Å². The first-order valence-corrected chi connectivity index (χ1v) is 8.44. The van der Waals surface area contributed by atoms with Crippen molar-refractivity contribution >= 4 is 6.08 Å². The van der Waals surface area contributed by atoms with Crippen LogP contribution >= 0.6 is 0 Å². The molecule has 0 heterocycles. The Balaban J connectivity index is 1.74. The summed E-state index contributed by atoms with van der Waals surface area (Å²) in [7, 11) is 1.65. The van der Waals surface area contributed by atoms with Crippen molar-refractivity contribution in [3.05, 3.63) is 102 Å². The number of hydrogen-bond acceptors (Lipinski definition) is 2. The topological polar surface area (TPSA) is 18.5 Å². The smallest absolute Gasteiger partial charge is 0.135 e. The van der Waals surface area contributed by atoms with Gasteiger partial charge in [-0.25, -0.2) is 0 Å². The Morgan fingerprint density at radius 3 is 2.31 bits per heavy atom. The molecule has 0 aliphatic heterocycles. The maximum atomic E-state index is 5.90. The maximum absolute atomic E-state index is 5.90. The Kier molecular flexibility index (Phi) is 6.12. The molecule has 0 aliphatic rings. The molecule has 26 heavy (non-hydrogen) atoms. The zero-order valence-electron chi connectivity index (χ0n) is 14.7. The third-order valence-corrected chi connectivity index (χ3v) is 3.75. The molecule has 2 heteroatoms. The van der Waals surface area contributed by atoms with E-state index in [9.17, 15) is 0 Å². The van der Waals surface area contributed by atoms with Gasteiger partial charge in [0.2, 0.25) is 0 Å². The molecule has 3 aromatic rings. The average Bonchev–Trinajstić information content (AvgIpc) is 2.71. The van der Waals surface area contributed by atoms with Gasteiger partial charge in [0.05, 0.1) is 12.7 Å². The van der Waals surface area contributed by atoms with Crippen LogP contribution in [0.25, 0.3) is 6.08 Å². The Labute approximate surface area is 154 Å². The maximum Gasteiger partial charge on any atom is 0.135 e. The molecule has 128 valence electrons. The summed E-state index contributed by atoms with van der Waals surface area (Å²) < 4.78 is 11.2. The highest BCUT2D eigenvalue weighted by atomic mass is 16.5. The zero-order chi connectivity index (χ0) is 18.0. The van der Waals surface area contributed by atoms with Gasteiger partial charge in [-0.1, -0.05) is 66.4 Å². The molecule has 0 saturated heterocycles. The molecule has 0 atom stereocenters. The Bertz CT molecular complexity index is 917. The molecule has 2 nitrogen and oxygen atoms in total. The quantitative estimate of drug-likeness (QED) is 0.595. The van der Waals surface area contributed by atoms with Crippen LogP contribution < -0.4 is 9.47 Å². The van der Waals surface area contributed by atoms with Gasteiger partial charge in [-0.05, 0) is 42.0 Å². The summed E-state index contributed by atoms with van der Waals surface area (Å²) in [6, 6.07) is 25.7. The summed E-state index contributed by atoms with van der Waals surface area (Å²) in [5.74, 6) is 7.85. The van der Waals surface area contributed by atoms with E-state index in [0.717, 1.165) is 28.2 Å². The number of hydrogen-bond donors (Lipinski definition) is 0. The molecule has 0 amide bonds. The van der Waals surface area contributed by atoms with E-state index in [4.69, 9.17) is 9.47 Å². The molecule has 3 rings (SSSR count). The van der Waals surface area contributed by atoms with Crippen molar-refractivity contribution in [1.82, 2.24) is 0 Å². The molecule has 0 unspecified atom stereocenters. The van der Waals surface area contributed by atoms with Gasteiger partial charge in [-0.15, -0.1) is 0 Å². The molecule has 0 aliphatic carbocycles. The number of ether oxygens (including phenoxy) is 2. The summed E-state index contributed by atoms with van der Waals surface area (Å²) in [6.45, 7) is 0.473. The highest BCUT2D eigenvalue weighted by Gasteiger charge is 2.03. The van der Waals surface area contributed by atoms with Crippen LogP contribution in [0.2, 0.25) is 0 Å². The van der Waals surface area contributed by atoms with E-state index in [1.165, 1.54) is 0 Å². The molecular formula is C24H20O2. The van der Waals surface area contributed by atoms with E-state index in [1.807, 2.05) is 78.9 Å². The summed E-state index contributed by atoms with van der Waals surface area (Å²) in [4.78, 5) is 0. The largest absolute Gasteiger partial charge is 0.497 e. The monoisotopic (exact) mass is 340 g/mol. The van der Waals surface area contributed by atoms with E-state index >= 15 is 0 Å². The first-order valence-electron chi connectivity index (χ1n) is 8.44. The van der Waals surface area contributed by atoms with Crippen LogP contribution in [0.3, 0.4) is 0 Å². The van der Waals surface area contributed by atoms with Crippen LogP contribution in [0, 0.1) is 11.8 Å². The van der Waals surface area contributed by atoms with Gasteiger partial charge in [0.25, 0.3) is 0 Å². The molecule has 0 fully saturated rings. The Morgan fingerprint density at radius 2 is 1.58 bits per heavy atom. The highest BCUT2D eigenvalue weighted by Crippen LogP contribution is 2.23. The van der Waals surface area contributed by atoms with E-state index in [1.54, 1.807) is 7.11 Å². The van der Waals surface area contributed by atoms with Gasteiger partial charge in [0.15, 0.2) is 0 Å². The van der Waals surface area contributed by atoms with Crippen molar-refractivity contribution in [2.45, 2.75) is 0 Å². The average molecular weight is 340 g/mol. The second kappa shape index (κ2) is 9.15. The lowest BCUT2D eigenvalue weighted by atomic mass is 10.1. The van der Waals surface area contributed by atoms with E-state index < -0.39 is 0 Å². The van der Waals surface area contributed by atoms with E-state index in [-0.39, 0.29) is 0 Å². The van der Waals surface area contributed by atoms with Crippen molar-refractivity contribution in [3.8, 4) is 23.3 Å². The summed E-state index contributed by atoms with van der Waals surface area (Å²) in [5, 5.41) is 0. The van der Waals surface area contributed by atoms with Crippen molar-refractivity contribution in [1.29, 1.82) is 0 Å². The molecule has 0 spiro atoms. The fraction of sp³-hybridized carbons (Fsp3) is 0.0833. The molecule has 0 N–H and O–H groups in total. The van der Waals surface area contributed by atoms with Crippen LogP contribution in [0.5, 0.6) is 11.5 Å². The Hall–Kier alpha value is -3.44. The fourth-order valence-corrected chi connectivity index (χ4v) is 2.41. The van der Waals surface area contributed by atoms with Crippen LogP contribution in [-0.2, 0) is 0 Å². The predicted molar refractivity (Wildman–Crippen MR) is 106 cm³/mol. The standard InChI is InChI=1S/C24H20O2/c1-25-23-16-17-24(26-18-8-13-20-9-4-2-5-10-20)22(19-23)15-14-21-11-6-3-7-12-21/h2-13,16-17,19H,18H2,1H3/b13-8+. The Morgan fingerprint density at radius 1 is 0.846 bits per heavy atom. The second-order valence-corrected chi connectivity index (χ2v) is 5.60.